The van der Waals surface area contributed by atoms with Crippen molar-refractivity contribution in [3.63, 3.8) is 0 Å². The van der Waals surface area contributed by atoms with Crippen LogP contribution < -0.4 is 59.7 Å². The van der Waals surface area contributed by atoms with Crippen LogP contribution in [0.4, 0.5) is 0 Å². The molecule has 0 saturated heterocycles. The lowest BCUT2D eigenvalue weighted by Crippen LogP contribution is -2.62. The number of hydrogen-bond acceptors (Lipinski definition) is 14. The maximum absolute atomic E-state index is 14.4. The molecule has 3 aromatic rings. The van der Waals surface area contributed by atoms with E-state index in [1.165, 1.54) is 0 Å². The van der Waals surface area contributed by atoms with Gasteiger partial charge < -0.3 is 74.4 Å². The smallest absolute Gasteiger partial charge is 0.326 e. The molecule has 0 aliphatic rings. The zero-order valence-electron chi connectivity index (χ0n) is 50.9. The van der Waals surface area contributed by atoms with Crippen LogP contribution in [-0.4, -0.2) is 137 Å². The quantitative estimate of drug-likeness (QED) is 0.0366. The van der Waals surface area contributed by atoms with Crippen molar-refractivity contribution in [3.05, 3.63) is 47.5 Å². The van der Waals surface area contributed by atoms with E-state index in [4.69, 9.17) is 26.7 Å². The Morgan fingerprint density at radius 3 is 1.53 bits per heavy atom. The number of rotatable bonds is 38. The van der Waals surface area contributed by atoms with Gasteiger partial charge in [-0.1, -0.05) is 118 Å². The number of hydrogen-bond donors (Lipinski definition) is 13. The summed E-state index contributed by atoms with van der Waals surface area (Å²) in [6.07, 6.45) is 1.20. The lowest BCUT2D eigenvalue weighted by atomic mass is 9.94. The SMILES string of the molecule is CC[C@H](C)[C@H](NC(=O)CCc1cccc2c1oc1c(CCNC(=O)[C@@H](N)CC(C)C)cccc12)C(=O)N[C@H](C(=O)N[C@H](C(=O)N[C@@H](CCCCN)C(=O)N[C@@H](CC(C)C)C(=O)N[C@@H](CC(N)=O)C(=O)N[C@@H](CC(=O)O)C(=O)O)C(C)C)[C@@H](C)CC. The molecule has 0 spiro atoms. The number of fused-ring (bicyclic) bond motifs is 3. The lowest BCUT2D eigenvalue weighted by Gasteiger charge is -2.31. The second kappa shape index (κ2) is 34.9. The van der Waals surface area contributed by atoms with E-state index in [2.05, 4.69) is 37.2 Å². The van der Waals surface area contributed by atoms with Crippen molar-refractivity contribution in [1.82, 2.24) is 42.5 Å². The van der Waals surface area contributed by atoms with E-state index in [9.17, 15) is 57.8 Å². The topological polar surface area (TPSA) is 416 Å². The Hall–Kier alpha value is -7.67. The number of unbranched alkanes of at least 4 members (excludes halogenated alkanes) is 1. The van der Waals surface area contributed by atoms with Crippen molar-refractivity contribution < 1.29 is 67.4 Å². The van der Waals surface area contributed by atoms with Gasteiger partial charge in [-0.25, -0.2) is 4.79 Å². The summed E-state index contributed by atoms with van der Waals surface area (Å²) in [6, 6.07) is 1.04. The molecule has 25 nitrogen and oxygen atoms in total. The van der Waals surface area contributed by atoms with Crippen LogP contribution in [0.25, 0.3) is 21.9 Å². The molecule has 3 rings (SSSR count). The van der Waals surface area contributed by atoms with Crippen LogP contribution >= 0.6 is 0 Å². The normalized spacial score (nSPS) is 15.0. The molecule has 9 amide bonds. The highest BCUT2D eigenvalue weighted by Crippen LogP contribution is 2.33. The average Bonchev–Trinajstić information content (AvgIpc) is 2.24. The van der Waals surface area contributed by atoms with Gasteiger partial charge in [0.05, 0.1) is 18.9 Å². The number of furan rings is 1. The number of nitrogens with two attached hydrogens (primary N) is 3. The van der Waals surface area contributed by atoms with E-state index in [1.807, 2.05) is 76.3 Å². The van der Waals surface area contributed by atoms with Gasteiger partial charge in [0, 0.05) is 23.7 Å². The molecule has 472 valence electrons. The molecule has 1 aromatic heterocycles. The predicted molar refractivity (Wildman–Crippen MR) is 320 cm³/mol. The van der Waals surface area contributed by atoms with Crippen molar-refractivity contribution in [2.24, 2.45) is 46.8 Å². The number of carbonyl (C=O) groups excluding carboxylic acids is 9. The van der Waals surface area contributed by atoms with Gasteiger partial charge in [-0.2, -0.15) is 0 Å². The molecule has 0 fully saturated rings. The molecule has 1 heterocycles. The third kappa shape index (κ3) is 22.7. The van der Waals surface area contributed by atoms with Crippen LogP contribution in [-0.2, 0) is 65.6 Å². The van der Waals surface area contributed by atoms with Crippen LogP contribution in [0.3, 0.4) is 0 Å². The minimum absolute atomic E-state index is 0.00652. The lowest BCUT2D eigenvalue weighted by molar-refractivity contribution is -0.147. The first-order chi connectivity index (χ1) is 40.0. The van der Waals surface area contributed by atoms with E-state index in [0.717, 1.165) is 21.9 Å². The van der Waals surface area contributed by atoms with Gasteiger partial charge in [-0.3, -0.25) is 47.9 Å². The summed E-state index contributed by atoms with van der Waals surface area (Å²) in [5.41, 5.74) is 20.1. The zero-order valence-corrected chi connectivity index (χ0v) is 50.9. The molecule has 0 aliphatic carbocycles. The summed E-state index contributed by atoms with van der Waals surface area (Å²) >= 11 is 0. The number of aliphatic carboxylic acids is 2. The second-order valence-electron chi connectivity index (χ2n) is 23.3. The third-order valence-corrected chi connectivity index (χ3v) is 14.9. The summed E-state index contributed by atoms with van der Waals surface area (Å²) < 4.78 is 6.49. The van der Waals surface area contributed by atoms with Crippen LogP contribution in [0.2, 0.25) is 0 Å². The molecule has 0 unspecified atom stereocenters. The molecule has 85 heavy (non-hydrogen) atoms. The highest BCUT2D eigenvalue weighted by Gasteiger charge is 2.37. The third-order valence-electron chi connectivity index (χ3n) is 14.9. The largest absolute Gasteiger partial charge is 0.481 e. The van der Waals surface area contributed by atoms with Gasteiger partial charge in [0.2, 0.25) is 53.2 Å². The Labute approximate surface area is 497 Å². The van der Waals surface area contributed by atoms with Crippen LogP contribution in [0.1, 0.15) is 145 Å². The fourth-order valence-electron chi connectivity index (χ4n) is 9.64. The number of para-hydroxylation sites is 2. The fourth-order valence-corrected chi connectivity index (χ4v) is 9.64. The van der Waals surface area contributed by atoms with E-state index in [-0.39, 0.29) is 55.9 Å². The maximum atomic E-state index is 14.4. The molecular weight excluding hydrogens is 1100 g/mol. The number of benzene rings is 2. The molecule has 0 aliphatic heterocycles. The molecule has 2 aromatic carbocycles. The van der Waals surface area contributed by atoms with E-state index >= 15 is 0 Å². The molecule has 16 N–H and O–H groups in total. The number of carbonyl (C=O) groups is 11. The fraction of sp³-hybridized carbons (Fsp3) is 0.617. The van der Waals surface area contributed by atoms with Gasteiger partial charge in [0.25, 0.3) is 0 Å². The summed E-state index contributed by atoms with van der Waals surface area (Å²) in [5.74, 6) is -11.5. The monoisotopic (exact) mass is 1190 g/mol. The minimum atomic E-state index is -1.92. The van der Waals surface area contributed by atoms with Crippen molar-refractivity contribution in [2.75, 3.05) is 13.1 Å². The highest BCUT2D eigenvalue weighted by molar-refractivity contribution is 6.07. The summed E-state index contributed by atoms with van der Waals surface area (Å²) in [4.78, 5) is 146. The Kier molecular flexibility index (Phi) is 29.4. The van der Waals surface area contributed by atoms with Gasteiger partial charge in [0.15, 0.2) is 0 Å². The Morgan fingerprint density at radius 1 is 0.541 bits per heavy atom. The number of primary amides is 1. The second-order valence-corrected chi connectivity index (χ2v) is 23.3. The highest BCUT2D eigenvalue weighted by atomic mass is 16.4. The molecule has 0 radical (unpaired) electrons. The van der Waals surface area contributed by atoms with E-state index in [0.29, 0.717) is 56.2 Å². The Bertz CT molecular complexity index is 2800. The summed E-state index contributed by atoms with van der Waals surface area (Å²) in [7, 11) is 0. The van der Waals surface area contributed by atoms with Crippen molar-refractivity contribution in [2.45, 2.75) is 195 Å². The molecule has 25 heteroatoms. The molecule has 0 bridgehead atoms. The van der Waals surface area contributed by atoms with Gasteiger partial charge in [-0.15, -0.1) is 0 Å². The number of carboxylic acids is 2. The average molecular weight is 1190 g/mol. The standard InChI is InChI=1S/C60H93N11O14/c1-11-34(9)49(69-46(73)23-22-36-17-15-19-38-39-20-16-18-37(52(39)85-51(36)38)24-26-64-53(76)40(62)27-31(3)4)58(81)71-50(35(10)12-2)59(82)70-48(33(7)8)57(80)65-41(21-13-14-25-61)54(77)66-42(28-32(5)6)55(78)67-43(29-45(63)72)56(79)68-44(60(83)84)30-47(74)75/h15-20,31-35,40-44,48-50H,11-14,21-30,61-62H2,1-10H3,(H2,63,72)(H,64,76)(H,65,80)(H,66,77)(H,67,78)(H,68,79)(H,69,73)(H,70,82)(H,71,81)(H,74,75)(H,83,84)/t34-,35-,40-,41-,42-,43-,44-,48-,49-,50-/m0/s1. The number of aryl methyl sites for hydroxylation is 1. The van der Waals surface area contributed by atoms with Gasteiger partial charge in [-0.05, 0) is 92.2 Å². The van der Waals surface area contributed by atoms with E-state index in [1.54, 1.807) is 34.6 Å². The first-order valence-electron chi connectivity index (χ1n) is 29.5. The van der Waals surface area contributed by atoms with Gasteiger partial charge in [0.1, 0.15) is 53.5 Å². The maximum Gasteiger partial charge on any atom is 0.326 e. The number of carboxylic acid groups (broad SMARTS) is 2. The first-order valence-corrected chi connectivity index (χ1v) is 29.5. The van der Waals surface area contributed by atoms with Crippen molar-refractivity contribution in [1.29, 1.82) is 0 Å². The van der Waals surface area contributed by atoms with Gasteiger partial charge >= 0.3 is 11.9 Å². The van der Waals surface area contributed by atoms with Crippen LogP contribution in [0, 0.1) is 29.6 Å². The summed E-state index contributed by atoms with van der Waals surface area (Å²) in [6.45, 7) is 18.7. The van der Waals surface area contributed by atoms with Crippen LogP contribution in [0.15, 0.2) is 40.8 Å². The van der Waals surface area contributed by atoms with Crippen molar-refractivity contribution in [3.8, 4) is 0 Å². The number of amides is 9. The Morgan fingerprint density at radius 2 is 1.02 bits per heavy atom. The predicted octanol–water partition coefficient (Wildman–Crippen LogP) is 2.30. The zero-order chi connectivity index (χ0) is 63.8. The molecular formula is C60H93N11O14. The van der Waals surface area contributed by atoms with Crippen LogP contribution in [0.5, 0.6) is 0 Å². The Balaban J connectivity index is 1.80. The first kappa shape index (κ1) is 71.6. The molecule has 10 atom stereocenters. The minimum Gasteiger partial charge on any atom is -0.481 e. The van der Waals surface area contributed by atoms with E-state index < -0.39 is 132 Å². The molecule has 0 saturated carbocycles. The summed E-state index contributed by atoms with van der Waals surface area (Å²) in [5, 5.41) is 41.5. The van der Waals surface area contributed by atoms with Crippen molar-refractivity contribution >= 4 is 87.0 Å². The number of nitrogens with one attached hydrogen (secondary N) is 8.